The number of benzene rings is 1. The van der Waals surface area contributed by atoms with Gasteiger partial charge in [-0.05, 0) is 18.1 Å². The van der Waals surface area contributed by atoms with E-state index >= 15 is 0 Å². The SMILES string of the molecule is NC[C@H](Cc1ccccc1O)C(=O)O. The molecule has 4 nitrogen and oxygen atoms in total. The first-order valence-corrected chi connectivity index (χ1v) is 4.35. The number of hydrogen-bond acceptors (Lipinski definition) is 3. The Bertz CT molecular complexity index is 325. The number of phenols is 1. The minimum Gasteiger partial charge on any atom is -0.508 e. The van der Waals surface area contributed by atoms with Crippen LogP contribution in [0.15, 0.2) is 24.3 Å². The monoisotopic (exact) mass is 195 g/mol. The zero-order valence-electron chi connectivity index (χ0n) is 7.68. The van der Waals surface area contributed by atoms with Crippen LogP contribution in [-0.4, -0.2) is 22.7 Å². The third-order valence-corrected chi connectivity index (χ3v) is 2.09. The largest absolute Gasteiger partial charge is 0.508 e. The normalized spacial score (nSPS) is 12.4. The van der Waals surface area contributed by atoms with Gasteiger partial charge in [0.25, 0.3) is 0 Å². The van der Waals surface area contributed by atoms with Crippen molar-refractivity contribution in [1.82, 2.24) is 0 Å². The molecule has 0 saturated carbocycles. The lowest BCUT2D eigenvalue weighted by atomic mass is 9.99. The molecule has 0 fully saturated rings. The summed E-state index contributed by atoms with van der Waals surface area (Å²) in [4.78, 5) is 10.7. The summed E-state index contributed by atoms with van der Waals surface area (Å²) >= 11 is 0. The van der Waals surface area contributed by atoms with E-state index in [0.29, 0.717) is 5.56 Å². The van der Waals surface area contributed by atoms with Gasteiger partial charge in [0.2, 0.25) is 0 Å². The third-order valence-electron chi connectivity index (χ3n) is 2.09. The van der Waals surface area contributed by atoms with E-state index in [1.807, 2.05) is 0 Å². The highest BCUT2D eigenvalue weighted by Crippen LogP contribution is 2.19. The van der Waals surface area contributed by atoms with Crippen LogP contribution in [0.5, 0.6) is 5.75 Å². The minimum atomic E-state index is -0.934. The maximum absolute atomic E-state index is 10.7. The molecule has 0 amide bonds. The van der Waals surface area contributed by atoms with E-state index in [0.717, 1.165) is 0 Å². The van der Waals surface area contributed by atoms with Crippen LogP contribution in [0.2, 0.25) is 0 Å². The lowest BCUT2D eigenvalue weighted by molar-refractivity contribution is -0.141. The van der Waals surface area contributed by atoms with Crippen molar-refractivity contribution >= 4 is 5.97 Å². The van der Waals surface area contributed by atoms with Gasteiger partial charge in [-0.2, -0.15) is 0 Å². The van der Waals surface area contributed by atoms with E-state index in [4.69, 9.17) is 10.8 Å². The summed E-state index contributed by atoms with van der Waals surface area (Å²) in [5.41, 5.74) is 5.93. The zero-order valence-corrected chi connectivity index (χ0v) is 7.68. The molecule has 0 spiro atoms. The van der Waals surface area contributed by atoms with Gasteiger partial charge in [-0.1, -0.05) is 18.2 Å². The number of nitrogens with two attached hydrogens (primary N) is 1. The second-order valence-electron chi connectivity index (χ2n) is 3.10. The van der Waals surface area contributed by atoms with Crippen molar-refractivity contribution in [1.29, 1.82) is 0 Å². The van der Waals surface area contributed by atoms with E-state index in [2.05, 4.69) is 0 Å². The molecule has 1 aromatic carbocycles. The minimum absolute atomic E-state index is 0.0731. The zero-order chi connectivity index (χ0) is 10.6. The number of rotatable bonds is 4. The summed E-state index contributed by atoms with van der Waals surface area (Å²) in [6.07, 6.45) is 0.262. The number of para-hydroxylation sites is 1. The Morgan fingerprint density at radius 1 is 1.43 bits per heavy atom. The Morgan fingerprint density at radius 3 is 2.57 bits per heavy atom. The van der Waals surface area contributed by atoms with Crippen LogP contribution in [0.3, 0.4) is 0 Å². The van der Waals surface area contributed by atoms with Gasteiger partial charge in [0.15, 0.2) is 0 Å². The highest BCUT2D eigenvalue weighted by molar-refractivity contribution is 5.70. The number of carboxylic acid groups (broad SMARTS) is 1. The summed E-state index contributed by atoms with van der Waals surface area (Å²) < 4.78 is 0. The van der Waals surface area contributed by atoms with Crippen molar-refractivity contribution < 1.29 is 15.0 Å². The van der Waals surface area contributed by atoms with Crippen LogP contribution in [0.4, 0.5) is 0 Å². The molecule has 0 saturated heterocycles. The first-order valence-electron chi connectivity index (χ1n) is 4.35. The molecule has 0 bridgehead atoms. The fourth-order valence-electron chi connectivity index (χ4n) is 1.22. The Labute approximate surface area is 82.0 Å². The lowest BCUT2D eigenvalue weighted by Crippen LogP contribution is -2.25. The summed E-state index contributed by atoms with van der Waals surface area (Å²) in [5.74, 6) is -1.45. The van der Waals surface area contributed by atoms with Gasteiger partial charge in [0, 0.05) is 6.54 Å². The molecular weight excluding hydrogens is 182 g/mol. The maximum atomic E-state index is 10.7. The van der Waals surface area contributed by atoms with Crippen LogP contribution in [0, 0.1) is 5.92 Å². The molecule has 0 heterocycles. The van der Waals surface area contributed by atoms with Gasteiger partial charge in [-0.3, -0.25) is 4.79 Å². The molecule has 0 aliphatic carbocycles. The standard InChI is InChI=1S/C10H13NO3/c11-6-8(10(13)14)5-7-3-1-2-4-9(7)12/h1-4,8,12H,5-6,11H2,(H,13,14)/t8-/m0/s1. The van der Waals surface area contributed by atoms with E-state index in [-0.39, 0.29) is 18.7 Å². The second kappa shape index (κ2) is 4.62. The third kappa shape index (κ3) is 2.47. The number of hydrogen-bond donors (Lipinski definition) is 3. The highest BCUT2D eigenvalue weighted by Gasteiger charge is 2.17. The molecule has 0 aromatic heterocycles. The topological polar surface area (TPSA) is 83.5 Å². The Balaban J connectivity index is 2.77. The van der Waals surface area contributed by atoms with E-state index < -0.39 is 11.9 Å². The molecule has 4 heteroatoms. The summed E-state index contributed by atoms with van der Waals surface area (Å²) in [5, 5.41) is 18.2. The number of aromatic hydroxyl groups is 1. The first kappa shape index (κ1) is 10.5. The van der Waals surface area contributed by atoms with Gasteiger partial charge in [0.1, 0.15) is 5.75 Å². The van der Waals surface area contributed by atoms with Gasteiger partial charge in [0.05, 0.1) is 5.92 Å². The van der Waals surface area contributed by atoms with Crippen molar-refractivity contribution in [3.8, 4) is 5.75 Å². The summed E-state index contributed by atoms with van der Waals surface area (Å²) in [7, 11) is 0. The van der Waals surface area contributed by atoms with Gasteiger partial charge in [-0.25, -0.2) is 0 Å². The lowest BCUT2D eigenvalue weighted by Gasteiger charge is -2.10. The molecular formula is C10H13NO3. The van der Waals surface area contributed by atoms with Crippen LogP contribution in [0.1, 0.15) is 5.56 Å². The Hall–Kier alpha value is -1.55. The van der Waals surface area contributed by atoms with Crippen LogP contribution in [0.25, 0.3) is 0 Å². The average Bonchev–Trinajstić information content (AvgIpc) is 2.16. The quantitative estimate of drug-likeness (QED) is 0.656. The molecule has 14 heavy (non-hydrogen) atoms. The molecule has 0 aliphatic rings. The number of carboxylic acids is 1. The molecule has 0 radical (unpaired) electrons. The predicted octanol–water partition coefficient (Wildman–Crippen LogP) is 0.594. The van der Waals surface area contributed by atoms with Crippen molar-refractivity contribution in [2.45, 2.75) is 6.42 Å². The fourth-order valence-corrected chi connectivity index (χ4v) is 1.22. The Morgan fingerprint density at radius 2 is 2.07 bits per heavy atom. The van der Waals surface area contributed by atoms with Crippen LogP contribution in [-0.2, 0) is 11.2 Å². The van der Waals surface area contributed by atoms with Crippen molar-refractivity contribution in [2.24, 2.45) is 11.7 Å². The molecule has 1 aromatic rings. The molecule has 0 unspecified atom stereocenters. The summed E-state index contributed by atoms with van der Waals surface area (Å²) in [6, 6.07) is 6.67. The predicted molar refractivity (Wildman–Crippen MR) is 52.0 cm³/mol. The molecule has 0 aliphatic heterocycles. The van der Waals surface area contributed by atoms with Crippen molar-refractivity contribution in [3.05, 3.63) is 29.8 Å². The first-order chi connectivity index (χ1) is 6.65. The van der Waals surface area contributed by atoms with Gasteiger partial charge >= 0.3 is 5.97 Å². The van der Waals surface area contributed by atoms with Gasteiger partial charge < -0.3 is 15.9 Å². The van der Waals surface area contributed by atoms with E-state index in [1.165, 1.54) is 6.07 Å². The Kier molecular flexibility index (Phi) is 3.48. The van der Waals surface area contributed by atoms with Crippen LogP contribution >= 0.6 is 0 Å². The summed E-state index contributed by atoms with van der Waals surface area (Å²) in [6.45, 7) is 0.0731. The van der Waals surface area contributed by atoms with Crippen LogP contribution < -0.4 is 5.73 Å². The number of carbonyl (C=O) groups is 1. The second-order valence-corrected chi connectivity index (χ2v) is 3.10. The van der Waals surface area contributed by atoms with Gasteiger partial charge in [-0.15, -0.1) is 0 Å². The van der Waals surface area contributed by atoms with E-state index in [1.54, 1.807) is 18.2 Å². The average molecular weight is 195 g/mol. The van der Waals surface area contributed by atoms with E-state index in [9.17, 15) is 9.90 Å². The molecule has 76 valence electrons. The fraction of sp³-hybridized carbons (Fsp3) is 0.300. The van der Waals surface area contributed by atoms with Crippen molar-refractivity contribution in [3.63, 3.8) is 0 Å². The maximum Gasteiger partial charge on any atom is 0.308 e. The number of aliphatic carboxylic acids is 1. The molecule has 1 atom stereocenters. The highest BCUT2D eigenvalue weighted by atomic mass is 16.4. The molecule has 1 rings (SSSR count). The smallest absolute Gasteiger partial charge is 0.308 e. The number of phenolic OH excluding ortho intramolecular Hbond substituents is 1. The molecule has 4 N–H and O–H groups in total. The van der Waals surface area contributed by atoms with Crippen molar-refractivity contribution in [2.75, 3.05) is 6.54 Å².